The van der Waals surface area contributed by atoms with Crippen molar-refractivity contribution in [1.82, 2.24) is 4.98 Å². The average molecular weight is 487 g/mol. The molecule has 0 bridgehead atoms. The van der Waals surface area contributed by atoms with E-state index in [1.54, 1.807) is 0 Å². The number of halogens is 3. The molecule has 0 saturated carbocycles. The zero-order valence-corrected chi connectivity index (χ0v) is 14.8. The highest BCUT2D eigenvalue weighted by Gasteiger charge is 2.21. The molecule has 21 heavy (non-hydrogen) atoms. The molecule has 0 saturated heterocycles. The number of anilines is 2. The predicted octanol–water partition coefficient (Wildman–Crippen LogP) is 2.67. The summed E-state index contributed by atoms with van der Waals surface area (Å²) in [5, 5.41) is 0. The number of benzene rings is 1. The van der Waals surface area contributed by atoms with Crippen LogP contribution in [0.5, 0.6) is 0 Å². The van der Waals surface area contributed by atoms with Gasteiger partial charge in [-0.05, 0) is 62.8 Å². The average Bonchev–Trinajstić information content (AvgIpc) is 2.42. The van der Waals surface area contributed by atoms with Gasteiger partial charge in [-0.25, -0.2) is 23.6 Å². The second-order valence-corrected chi connectivity index (χ2v) is 7.60. The lowest BCUT2D eigenvalue weighted by Crippen LogP contribution is -2.19. The zero-order valence-electron chi connectivity index (χ0n) is 10.3. The Hall–Kier alpha value is -0.980. The number of aromatic nitrogens is 1. The van der Waals surface area contributed by atoms with Crippen molar-refractivity contribution < 1.29 is 12.8 Å². The number of sulfonamides is 1. The fourth-order valence-corrected chi connectivity index (χ4v) is 4.01. The molecule has 0 aliphatic carbocycles. The van der Waals surface area contributed by atoms with Crippen LogP contribution in [0.2, 0.25) is 0 Å². The Balaban J connectivity index is 2.45. The Bertz CT molecular complexity index is 788. The van der Waals surface area contributed by atoms with Crippen molar-refractivity contribution in [2.75, 3.05) is 10.1 Å². The van der Waals surface area contributed by atoms with Gasteiger partial charge in [-0.15, -0.1) is 0 Å². The number of hydrogen-bond donors (Lipinski definition) is 3. The van der Waals surface area contributed by atoms with Gasteiger partial charge in [-0.2, -0.15) is 0 Å². The van der Waals surface area contributed by atoms with Gasteiger partial charge >= 0.3 is 0 Å². The van der Waals surface area contributed by atoms with E-state index in [0.29, 0.717) is 8.04 Å². The minimum absolute atomic E-state index is 0.00261. The molecule has 0 aliphatic heterocycles. The number of rotatable bonds is 4. The largest absolute Gasteiger partial charge is 0.307 e. The second kappa shape index (κ2) is 6.42. The molecule has 0 amide bonds. The molecule has 2 aromatic rings. The summed E-state index contributed by atoms with van der Waals surface area (Å²) < 4.78 is 41.1. The molecule has 1 aromatic heterocycles. The van der Waals surface area contributed by atoms with Gasteiger partial charge in [0.15, 0.2) is 5.82 Å². The molecule has 1 heterocycles. The van der Waals surface area contributed by atoms with Gasteiger partial charge in [0.25, 0.3) is 10.0 Å². The van der Waals surface area contributed by atoms with Crippen molar-refractivity contribution in [2.24, 2.45) is 5.84 Å². The minimum atomic E-state index is -3.93. The van der Waals surface area contributed by atoms with E-state index in [2.05, 4.69) is 31.1 Å². The molecule has 112 valence electrons. The SMILES string of the molecule is NNc1ncc(Br)cc1S(=O)(=O)Nc1ccc(F)cc1I. The van der Waals surface area contributed by atoms with Crippen molar-refractivity contribution in [1.29, 1.82) is 0 Å². The van der Waals surface area contributed by atoms with E-state index in [1.807, 2.05) is 22.6 Å². The van der Waals surface area contributed by atoms with Gasteiger partial charge < -0.3 is 5.43 Å². The van der Waals surface area contributed by atoms with Crippen LogP contribution in [0.15, 0.2) is 39.8 Å². The first kappa shape index (κ1) is 16.4. The van der Waals surface area contributed by atoms with E-state index >= 15 is 0 Å². The van der Waals surface area contributed by atoms with Crippen LogP contribution in [0.25, 0.3) is 0 Å². The maximum absolute atomic E-state index is 13.1. The molecule has 2 rings (SSSR count). The zero-order chi connectivity index (χ0) is 15.6. The first-order chi connectivity index (χ1) is 9.83. The summed E-state index contributed by atoms with van der Waals surface area (Å²) >= 11 is 4.99. The first-order valence-corrected chi connectivity index (χ1v) is 8.79. The van der Waals surface area contributed by atoms with Gasteiger partial charge in [-0.1, -0.05) is 0 Å². The first-order valence-electron chi connectivity index (χ1n) is 5.43. The lowest BCUT2D eigenvalue weighted by atomic mass is 10.3. The Morgan fingerprint density at radius 3 is 2.67 bits per heavy atom. The number of pyridine rings is 1. The van der Waals surface area contributed by atoms with E-state index < -0.39 is 15.8 Å². The highest BCUT2D eigenvalue weighted by molar-refractivity contribution is 14.1. The Labute approximate surface area is 142 Å². The van der Waals surface area contributed by atoms with Crippen LogP contribution in [-0.4, -0.2) is 13.4 Å². The highest BCUT2D eigenvalue weighted by Crippen LogP contribution is 2.27. The van der Waals surface area contributed by atoms with Crippen molar-refractivity contribution >= 4 is 60.0 Å². The quantitative estimate of drug-likeness (QED) is 0.350. The molecule has 4 N–H and O–H groups in total. The summed E-state index contributed by atoms with van der Waals surface area (Å²) in [5.74, 6) is 4.82. The molecular weight excluding hydrogens is 478 g/mol. The fourth-order valence-electron chi connectivity index (χ4n) is 1.51. The molecule has 0 atom stereocenters. The van der Waals surface area contributed by atoms with Crippen LogP contribution in [0, 0.1) is 9.39 Å². The van der Waals surface area contributed by atoms with E-state index in [1.165, 1.54) is 30.5 Å². The third kappa shape index (κ3) is 3.81. The topological polar surface area (TPSA) is 97.1 Å². The van der Waals surface area contributed by atoms with Gasteiger partial charge in [0.2, 0.25) is 0 Å². The van der Waals surface area contributed by atoms with Crippen LogP contribution in [0.1, 0.15) is 0 Å². The van der Waals surface area contributed by atoms with Gasteiger partial charge in [0, 0.05) is 14.2 Å². The molecular formula is C11H9BrFIN4O2S. The lowest BCUT2D eigenvalue weighted by molar-refractivity contribution is 0.600. The summed E-state index contributed by atoms with van der Waals surface area (Å²) in [6.45, 7) is 0. The van der Waals surface area contributed by atoms with Crippen LogP contribution in [0.4, 0.5) is 15.9 Å². The smallest absolute Gasteiger partial charge is 0.265 e. The summed E-state index contributed by atoms with van der Waals surface area (Å²) in [7, 11) is -3.93. The molecule has 0 spiro atoms. The number of hydrazine groups is 1. The van der Waals surface area contributed by atoms with Crippen LogP contribution in [0.3, 0.4) is 0 Å². The third-order valence-electron chi connectivity index (χ3n) is 2.42. The van der Waals surface area contributed by atoms with E-state index in [0.717, 1.165) is 0 Å². The lowest BCUT2D eigenvalue weighted by Gasteiger charge is -2.12. The number of nitrogens with two attached hydrogens (primary N) is 1. The van der Waals surface area contributed by atoms with Crippen molar-refractivity contribution in [3.8, 4) is 0 Å². The predicted molar refractivity (Wildman–Crippen MR) is 89.7 cm³/mol. The summed E-state index contributed by atoms with van der Waals surface area (Å²) in [5.41, 5.74) is 2.49. The number of nitrogens with one attached hydrogen (secondary N) is 2. The van der Waals surface area contributed by atoms with E-state index in [4.69, 9.17) is 5.84 Å². The number of nitrogens with zero attached hydrogens (tertiary/aromatic N) is 1. The second-order valence-electron chi connectivity index (χ2n) is 3.87. The molecule has 6 nitrogen and oxygen atoms in total. The molecule has 0 radical (unpaired) electrons. The van der Waals surface area contributed by atoms with E-state index in [9.17, 15) is 12.8 Å². The molecule has 0 fully saturated rings. The number of nitrogen functional groups attached to an aromatic ring is 1. The highest BCUT2D eigenvalue weighted by atomic mass is 127. The number of hydrogen-bond acceptors (Lipinski definition) is 5. The van der Waals surface area contributed by atoms with Gasteiger partial charge in [0.1, 0.15) is 10.7 Å². The standard InChI is InChI=1S/C11H9BrFIN4O2S/c12-6-3-10(11(17-15)16-5-6)21(19,20)18-9-2-1-7(13)4-8(9)14/h1-5,18H,15H2,(H,16,17). The van der Waals surface area contributed by atoms with Crippen LogP contribution in [-0.2, 0) is 10.0 Å². The Kier molecular flexibility index (Phi) is 5.01. The van der Waals surface area contributed by atoms with Gasteiger partial charge in [-0.3, -0.25) is 4.72 Å². The van der Waals surface area contributed by atoms with Crippen molar-refractivity contribution in [3.63, 3.8) is 0 Å². The van der Waals surface area contributed by atoms with Crippen LogP contribution < -0.4 is 16.0 Å². The molecule has 10 heteroatoms. The molecule has 0 unspecified atom stereocenters. The maximum atomic E-state index is 13.1. The fraction of sp³-hybridized carbons (Fsp3) is 0. The summed E-state index contributed by atoms with van der Waals surface area (Å²) in [6.07, 6.45) is 1.41. The van der Waals surface area contributed by atoms with Gasteiger partial charge in [0.05, 0.1) is 5.69 Å². The molecule has 0 aliphatic rings. The Morgan fingerprint density at radius 2 is 2.05 bits per heavy atom. The molecule has 1 aromatic carbocycles. The normalized spacial score (nSPS) is 11.2. The van der Waals surface area contributed by atoms with Crippen molar-refractivity contribution in [2.45, 2.75) is 4.90 Å². The third-order valence-corrected chi connectivity index (χ3v) is 5.13. The monoisotopic (exact) mass is 486 g/mol. The Morgan fingerprint density at radius 1 is 1.33 bits per heavy atom. The van der Waals surface area contributed by atoms with Crippen LogP contribution >= 0.6 is 38.5 Å². The summed E-state index contributed by atoms with van der Waals surface area (Å²) in [4.78, 5) is 3.75. The van der Waals surface area contributed by atoms with Crippen molar-refractivity contribution in [3.05, 3.63) is 44.3 Å². The summed E-state index contributed by atoms with van der Waals surface area (Å²) in [6, 6.07) is 5.09. The maximum Gasteiger partial charge on any atom is 0.265 e. The van der Waals surface area contributed by atoms with E-state index in [-0.39, 0.29) is 16.4 Å². The minimum Gasteiger partial charge on any atom is -0.307 e.